The molecule has 0 aromatic heterocycles. The second kappa shape index (κ2) is 5.49. The van der Waals surface area contributed by atoms with Crippen molar-refractivity contribution in [2.45, 2.75) is 43.1 Å². The van der Waals surface area contributed by atoms with Crippen LogP contribution in [0, 0.1) is 17.2 Å². The Labute approximate surface area is 116 Å². The minimum atomic E-state index is -1.92. The van der Waals surface area contributed by atoms with E-state index in [1.165, 1.54) is 0 Å². The van der Waals surface area contributed by atoms with Gasteiger partial charge in [0, 0.05) is 11.8 Å². The van der Waals surface area contributed by atoms with E-state index in [4.69, 9.17) is 49.7 Å². The predicted molar refractivity (Wildman–Crippen MR) is 67.8 cm³/mol. The lowest BCUT2D eigenvalue weighted by molar-refractivity contribution is -0.230. The molecule has 1 rings (SSSR count). The van der Waals surface area contributed by atoms with Crippen LogP contribution in [0.5, 0.6) is 0 Å². The standard InChI is InChI=1S/C10H16Cl3NO3/c1-4-6(3)16-8(5(2)7(4)15)17-9(14)10(11,12)13/h4-8,14-15H,1-3H3/t4-,5?,6?,7?,8-/m0/s1. The number of aliphatic hydroxyl groups excluding tert-OH is 1. The Balaban J connectivity index is 2.69. The smallest absolute Gasteiger partial charge is 0.265 e. The molecule has 17 heavy (non-hydrogen) atoms. The zero-order chi connectivity index (χ0) is 13.4. The highest BCUT2D eigenvalue weighted by Gasteiger charge is 2.42. The van der Waals surface area contributed by atoms with Crippen molar-refractivity contribution in [2.24, 2.45) is 11.8 Å². The number of halogens is 3. The number of alkyl halides is 3. The fourth-order valence-corrected chi connectivity index (χ4v) is 1.83. The van der Waals surface area contributed by atoms with Crippen molar-refractivity contribution in [3.8, 4) is 0 Å². The Hall–Kier alpha value is 0.260. The Kier molecular flexibility index (Phi) is 4.95. The van der Waals surface area contributed by atoms with E-state index in [1.807, 2.05) is 13.8 Å². The lowest BCUT2D eigenvalue weighted by Gasteiger charge is -2.41. The third-order valence-electron chi connectivity index (χ3n) is 3.09. The number of aliphatic hydroxyl groups is 1. The van der Waals surface area contributed by atoms with Gasteiger partial charge >= 0.3 is 0 Å². The number of rotatable bonds is 1. The van der Waals surface area contributed by atoms with Gasteiger partial charge in [-0.25, -0.2) is 0 Å². The zero-order valence-electron chi connectivity index (χ0n) is 9.78. The van der Waals surface area contributed by atoms with E-state index in [-0.39, 0.29) is 17.9 Å². The minimum Gasteiger partial charge on any atom is -0.448 e. The van der Waals surface area contributed by atoms with Crippen molar-refractivity contribution in [2.75, 3.05) is 0 Å². The van der Waals surface area contributed by atoms with Gasteiger partial charge in [0.05, 0.1) is 12.2 Å². The number of hydrogen-bond acceptors (Lipinski definition) is 4. The second-order valence-electron chi connectivity index (χ2n) is 4.36. The molecule has 100 valence electrons. The normalized spacial score (nSPS) is 38.9. The van der Waals surface area contributed by atoms with Crippen LogP contribution in [0.1, 0.15) is 20.8 Å². The van der Waals surface area contributed by atoms with Gasteiger partial charge in [0.25, 0.3) is 3.79 Å². The number of hydrogen-bond donors (Lipinski definition) is 2. The van der Waals surface area contributed by atoms with Crippen LogP contribution in [0.2, 0.25) is 0 Å². The molecule has 1 saturated heterocycles. The van der Waals surface area contributed by atoms with Gasteiger partial charge in [0.15, 0.2) is 0 Å². The van der Waals surface area contributed by atoms with Gasteiger partial charge in [-0.2, -0.15) is 0 Å². The topological polar surface area (TPSA) is 62.5 Å². The van der Waals surface area contributed by atoms with E-state index in [1.54, 1.807) is 6.92 Å². The van der Waals surface area contributed by atoms with Gasteiger partial charge < -0.3 is 14.6 Å². The van der Waals surface area contributed by atoms with Crippen molar-refractivity contribution in [1.29, 1.82) is 5.41 Å². The highest BCUT2D eigenvalue weighted by Crippen LogP contribution is 2.34. The second-order valence-corrected chi connectivity index (χ2v) is 6.64. The van der Waals surface area contributed by atoms with Crippen LogP contribution in [0.3, 0.4) is 0 Å². The summed E-state index contributed by atoms with van der Waals surface area (Å²) in [4.78, 5) is 0. The quantitative estimate of drug-likeness (QED) is 0.445. The van der Waals surface area contributed by atoms with Crippen LogP contribution in [0.25, 0.3) is 0 Å². The van der Waals surface area contributed by atoms with Crippen molar-refractivity contribution in [3.63, 3.8) is 0 Å². The summed E-state index contributed by atoms with van der Waals surface area (Å²) in [5.41, 5.74) is 0. The largest absolute Gasteiger partial charge is 0.448 e. The van der Waals surface area contributed by atoms with Gasteiger partial charge in [0.1, 0.15) is 0 Å². The minimum absolute atomic E-state index is 0.00760. The summed E-state index contributed by atoms with van der Waals surface area (Å²) < 4.78 is 8.79. The summed E-state index contributed by atoms with van der Waals surface area (Å²) in [7, 11) is 0. The summed E-state index contributed by atoms with van der Waals surface area (Å²) in [6.07, 6.45) is -1.54. The van der Waals surface area contributed by atoms with E-state index < -0.39 is 22.1 Å². The Bertz CT molecular complexity index is 295. The first kappa shape index (κ1) is 15.3. The van der Waals surface area contributed by atoms with Crippen LogP contribution < -0.4 is 0 Å². The molecule has 0 saturated carbocycles. The molecule has 0 aliphatic carbocycles. The molecule has 3 unspecified atom stereocenters. The molecular weight excluding hydrogens is 288 g/mol. The maximum absolute atomic E-state index is 9.97. The monoisotopic (exact) mass is 303 g/mol. The molecule has 0 spiro atoms. The summed E-state index contributed by atoms with van der Waals surface area (Å²) in [5.74, 6) is -0.811. The average Bonchev–Trinajstić information content (AvgIpc) is 2.21. The molecule has 1 heterocycles. The Morgan fingerprint density at radius 2 is 1.76 bits per heavy atom. The van der Waals surface area contributed by atoms with Crippen LogP contribution >= 0.6 is 34.8 Å². The molecule has 0 aromatic rings. The summed E-state index contributed by atoms with van der Waals surface area (Å²) in [5, 5.41) is 17.4. The first-order valence-electron chi connectivity index (χ1n) is 5.30. The van der Waals surface area contributed by atoms with Gasteiger partial charge in [-0.3, -0.25) is 5.41 Å². The fourth-order valence-electron chi connectivity index (χ4n) is 1.69. The molecule has 2 N–H and O–H groups in total. The molecule has 1 aliphatic rings. The van der Waals surface area contributed by atoms with Crippen molar-refractivity contribution in [3.05, 3.63) is 0 Å². The number of ether oxygens (including phenoxy) is 2. The molecule has 5 atom stereocenters. The maximum atomic E-state index is 9.97. The lowest BCUT2D eigenvalue weighted by atomic mass is 9.86. The molecule has 4 nitrogen and oxygen atoms in total. The molecule has 0 aromatic carbocycles. The molecule has 0 radical (unpaired) electrons. The van der Waals surface area contributed by atoms with Crippen molar-refractivity contribution < 1.29 is 14.6 Å². The molecule has 0 amide bonds. The SMILES string of the molecule is CC1C(O)[C@@H](C)C(C)O[C@H]1OC(=N)C(Cl)(Cl)Cl. The molecule has 1 fully saturated rings. The van der Waals surface area contributed by atoms with Gasteiger partial charge in [0.2, 0.25) is 12.2 Å². The summed E-state index contributed by atoms with van der Waals surface area (Å²) in [6.45, 7) is 5.49. The van der Waals surface area contributed by atoms with Crippen LogP contribution in [-0.4, -0.2) is 33.3 Å². The van der Waals surface area contributed by atoms with E-state index >= 15 is 0 Å². The van der Waals surface area contributed by atoms with Crippen LogP contribution in [0.15, 0.2) is 0 Å². The van der Waals surface area contributed by atoms with Gasteiger partial charge in [-0.15, -0.1) is 0 Å². The first-order chi connectivity index (χ1) is 7.64. The molecular formula is C10H16Cl3NO3. The van der Waals surface area contributed by atoms with Crippen molar-refractivity contribution in [1.82, 2.24) is 0 Å². The third kappa shape index (κ3) is 3.61. The summed E-state index contributed by atoms with van der Waals surface area (Å²) in [6, 6.07) is 0. The fraction of sp³-hybridized carbons (Fsp3) is 0.900. The average molecular weight is 305 g/mol. The molecule has 7 heteroatoms. The number of nitrogens with one attached hydrogen (secondary N) is 1. The van der Waals surface area contributed by atoms with Crippen LogP contribution in [0.4, 0.5) is 0 Å². The lowest BCUT2D eigenvalue weighted by Crippen LogP contribution is -2.50. The van der Waals surface area contributed by atoms with E-state index in [0.29, 0.717) is 0 Å². The highest BCUT2D eigenvalue weighted by molar-refractivity contribution is 6.76. The zero-order valence-corrected chi connectivity index (χ0v) is 12.1. The highest BCUT2D eigenvalue weighted by atomic mass is 35.6. The maximum Gasteiger partial charge on any atom is 0.265 e. The summed E-state index contributed by atoms with van der Waals surface area (Å²) >= 11 is 16.5. The Morgan fingerprint density at radius 3 is 2.24 bits per heavy atom. The van der Waals surface area contributed by atoms with E-state index in [0.717, 1.165) is 0 Å². The first-order valence-corrected chi connectivity index (χ1v) is 6.44. The van der Waals surface area contributed by atoms with E-state index in [9.17, 15) is 5.11 Å². The third-order valence-corrected chi connectivity index (χ3v) is 3.60. The van der Waals surface area contributed by atoms with Crippen LogP contribution in [-0.2, 0) is 9.47 Å². The van der Waals surface area contributed by atoms with E-state index in [2.05, 4.69) is 0 Å². The van der Waals surface area contributed by atoms with Gasteiger partial charge in [-0.1, -0.05) is 48.7 Å². The van der Waals surface area contributed by atoms with Crippen molar-refractivity contribution >= 4 is 40.7 Å². The van der Waals surface area contributed by atoms with Gasteiger partial charge in [-0.05, 0) is 6.92 Å². The molecule has 1 aliphatic heterocycles. The predicted octanol–water partition coefficient (Wildman–Crippen LogP) is 2.73. The molecule has 0 bridgehead atoms. The Morgan fingerprint density at radius 1 is 1.24 bits per heavy atom.